The lowest BCUT2D eigenvalue weighted by Crippen LogP contribution is -2.12. The molecule has 0 aliphatic carbocycles. The summed E-state index contributed by atoms with van der Waals surface area (Å²) in [5.74, 6) is 0.567. The highest BCUT2D eigenvalue weighted by molar-refractivity contribution is 7.17. The highest BCUT2D eigenvalue weighted by Crippen LogP contribution is 2.30. The van der Waals surface area contributed by atoms with Crippen molar-refractivity contribution in [1.29, 1.82) is 0 Å². The average molecular weight is 367 g/mol. The van der Waals surface area contributed by atoms with Crippen LogP contribution in [0.5, 0.6) is 5.75 Å². The first-order valence-electron chi connectivity index (χ1n) is 8.23. The summed E-state index contributed by atoms with van der Waals surface area (Å²) >= 11 is 1.32. The Labute approximate surface area is 157 Å². The van der Waals surface area contributed by atoms with E-state index in [9.17, 15) is 4.79 Å². The Bertz CT molecular complexity index is 950. The molecule has 134 valence electrons. The first kappa shape index (κ1) is 17.9. The number of nitrogens with one attached hydrogen (secondary N) is 2. The summed E-state index contributed by atoms with van der Waals surface area (Å²) in [5, 5.41) is 6.93. The molecule has 3 aromatic rings. The Morgan fingerprint density at radius 2 is 1.85 bits per heavy atom. The van der Waals surface area contributed by atoms with Crippen LogP contribution in [-0.4, -0.2) is 18.0 Å². The number of hydrogen-bond donors (Lipinski definition) is 2. The zero-order chi connectivity index (χ0) is 18.7. The van der Waals surface area contributed by atoms with E-state index in [0.717, 1.165) is 33.8 Å². The minimum absolute atomic E-state index is 0.181. The molecular weight excluding hydrogens is 346 g/mol. The number of carbonyl (C=O) groups is 1. The third kappa shape index (κ3) is 3.70. The fourth-order valence-electron chi connectivity index (χ4n) is 2.68. The molecule has 1 amide bonds. The predicted octanol–water partition coefficient (Wildman–Crippen LogP) is 5.07. The van der Waals surface area contributed by atoms with Gasteiger partial charge in [0.2, 0.25) is 0 Å². The molecule has 26 heavy (non-hydrogen) atoms. The van der Waals surface area contributed by atoms with Crippen LogP contribution in [0.15, 0.2) is 42.6 Å². The molecule has 0 bridgehead atoms. The summed E-state index contributed by atoms with van der Waals surface area (Å²) in [5.41, 5.74) is 4.77. The lowest BCUT2D eigenvalue weighted by atomic mass is 10.1. The molecule has 0 unspecified atom stereocenters. The number of para-hydroxylation sites is 1. The van der Waals surface area contributed by atoms with Gasteiger partial charge in [-0.1, -0.05) is 35.6 Å². The monoisotopic (exact) mass is 367 g/mol. The van der Waals surface area contributed by atoms with Gasteiger partial charge in [-0.25, -0.2) is 4.98 Å². The summed E-state index contributed by atoms with van der Waals surface area (Å²) in [6, 6.07) is 11.8. The molecule has 0 aliphatic heterocycles. The lowest BCUT2D eigenvalue weighted by Gasteiger charge is -2.14. The number of aryl methyl sites for hydroxylation is 2. The van der Waals surface area contributed by atoms with E-state index in [2.05, 4.69) is 15.6 Å². The summed E-state index contributed by atoms with van der Waals surface area (Å²) < 4.78 is 5.34. The lowest BCUT2D eigenvalue weighted by molar-refractivity contribution is 0.103. The molecule has 0 saturated carbocycles. The minimum Gasteiger partial charge on any atom is -0.496 e. The second-order valence-corrected chi connectivity index (χ2v) is 7.04. The maximum Gasteiger partial charge on any atom is 0.267 e. The first-order chi connectivity index (χ1) is 12.5. The van der Waals surface area contributed by atoms with Gasteiger partial charge in [0.05, 0.1) is 19.0 Å². The number of rotatable bonds is 5. The zero-order valence-corrected chi connectivity index (χ0v) is 16.0. The summed E-state index contributed by atoms with van der Waals surface area (Å²) in [7, 11) is 1.62. The number of ether oxygens (including phenoxy) is 1. The molecule has 1 aromatic heterocycles. The van der Waals surface area contributed by atoms with Gasteiger partial charge in [0.15, 0.2) is 5.13 Å². The number of carbonyl (C=O) groups excluding carboxylic acids is 1. The van der Waals surface area contributed by atoms with Crippen LogP contribution < -0.4 is 15.4 Å². The van der Waals surface area contributed by atoms with Crippen LogP contribution in [0.2, 0.25) is 0 Å². The van der Waals surface area contributed by atoms with Gasteiger partial charge in [-0.3, -0.25) is 4.79 Å². The van der Waals surface area contributed by atoms with Crippen LogP contribution in [0.1, 0.15) is 26.4 Å². The van der Waals surface area contributed by atoms with Crippen molar-refractivity contribution in [3.63, 3.8) is 0 Å². The van der Waals surface area contributed by atoms with E-state index in [4.69, 9.17) is 4.74 Å². The number of benzene rings is 2. The largest absolute Gasteiger partial charge is 0.496 e. The number of hydrogen-bond acceptors (Lipinski definition) is 5. The van der Waals surface area contributed by atoms with Gasteiger partial charge in [0.25, 0.3) is 5.91 Å². The van der Waals surface area contributed by atoms with Gasteiger partial charge in [-0.15, -0.1) is 0 Å². The smallest absolute Gasteiger partial charge is 0.267 e. The second-order valence-electron chi connectivity index (χ2n) is 6.01. The Hall–Kier alpha value is -2.86. The van der Waals surface area contributed by atoms with Crippen LogP contribution in [0.4, 0.5) is 16.5 Å². The molecule has 6 heteroatoms. The number of amides is 1. The molecule has 2 aromatic carbocycles. The second kappa shape index (κ2) is 7.58. The Kier molecular flexibility index (Phi) is 5.23. The van der Waals surface area contributed by atoms with E-state index < -0.39 is 0 Å². The molecule has 0 atom stereocenters. The molecular formula is C20H21N3O2S. The van der Waals surface area contributed by atoms with Gasteiger partial charge in [0, 0.05) is 11.3 Å². The first-order valence-corrected chi connectivity index (χ1v) is 9.05. The van der Waals surface area contributed by atoms with Crippen molar-refractivity contribution in [3.8, 4) is 5.75 Å². The highest BCUT2D eigenvalue weighted by atomic mass is 32.1. The minimum atomic E-state index is -0.181. The predicted molar refractivity (Wildman–Crippen MR) is 107 cm³/mol. The zero-order valence-electron chi connectivity index (χ0n) is 15.2. The molecule has 0 aliphatic rings. The summed E-state index contributed by atoms with van der Waals surface area (Å²) in [6.45, 7) is 5.91. The van der Waals surface area contributed by atoms with E-state index in [1.54, 1.807) is 13.3 Å². The molecule has 1 heterocycles. The van der Waals surface area contributed by atoms with Crippen LogP contribution in [0.3, 0.4) is 0 Å². The van der Waals surface area contributed by atoms with Crippen LogP contribution in [0, 0.1) is 20.8 Å². The Morgan fingerprint density at radius 1 is 1.08 bits per heavy atom. The van der Waals surface area contributed by atoms with E-state index in [1.807, 2.05) is 57.2 Å². The van der Waals surface area contributed by atoms with Crippen molar-refractivity contribution in [2.45, 2.75) is 20.8 Å². The van der Waals surface area contributed by atoms with Crippen molar-refractivity contribution in [1.82, 2.24) is 4.98 Å². The number of thiazole rings is 1. The molecule has 0 fully saturated rings. The number of methoxy groups -OCH3 is 1. The number of anilines is 3. The van der Waals surface area contributed by atoms with E-state index in [1.165, 1.54) is 11.3 Å². The normalized spacial score (nSPS) is 10.5. The van der Waals surface area contributed by atoms with Crippen LogP contribution in [-0.2, 0) is 0 Å². The van der Waals surface area contributed by atoms with Crippen molar-refractivity contribution >= 4 is 33.8 Å². The topological polar surface area (TPSA) is 63.2 Å². The number of aromatic nitrogens is 1. The third-order valence-corrected chi connectivity index (χ3v) is 5.11. The van der Waals surface area contributed by atoms with Gasteiger partial charge < -0.3 is 15.4 Å². The van der Waals surface area contributed by atoms with E-state index >= 15 is 0 Å². The SMILES string of the molecule is COc1ccc(C)c(NC(=O)c2cnc(Nc3ccccc3C)s2)c1C. The fraction of sp³-hybridized carbons (Fsp3) is 0.200. The van der Waals surface area contributed by atoms with E-state index in [-0.39, 0.29) is 5.91 Å². The average Bonchev–Trinajstić information content (AvgIpc) is 3.09. The third-order valence-electron chi connectivity index (χ3n) is 4.20. The Morgan fingerprint density at radius 3 is 2.58 bits per heavy atom. The highest BCUT2D eigenvalue weighted by Gasteiger charge is 2.15. The quantitative estimate of drug-likeness (QED) is 0.661. The van der Waals surface area contributed by atoms with Crippen molar-refractivity contribution < 1.29 is 9.53 Å². The van der Waals surface area contributed by atoms with Crippen LogP contribution >= 0.6 is 11.3 Å². The van der Waals surface area contributed by atoms with Crippen molar-refractivity contribution in [2.75, 3.05) is 17.7 Å². The van der Waals surface area contributed by atoms with E-state index in [0.29, 0.717) is 10.0 Å². The van der Waals surface area contributed by atoms with Crippen LogP contribution in [0.25, 0.3) is 0 Å². The summed E-state index contributed by atoms with van der Waals surface area (Å²) in [6.07, 6.45) is 1.59. The molecule has 0 saturated heterocycles. The summed E-state index contributed by atoms with van der Waals surface area (Å²) in [4.78, 5) is 17.5. The molecule has 3 rings (SSSR count). The Balaban J connectivity index is 1.78. The van der Waals surface area contributed by atoms with Crippen molar-refractivity contribution in [3.05, 3.63) is 64.2 Å². The standard InChI is InChI=1S/C20H21N3O2S/c1-12-7-5-6-8-15(12)22-20-21-11-17(26-20)19(24)23-18-13(2)9-10-16(25-4)14(18)3/h5-11H,1-4H3,(H,21,22)(H,23,24). The maximum absolute atomic E-state index is 12.6. The molecule has 2 N–H and O–H groups in total. The molecule has 0 radical (unpaired) electrons. The fourth-order valence-corrected chi connectivity index (χ4v) is 3.41. The van der Waals surface area contributed by atoms with Gasteiger partial charge in [-0.05, 0) is 44.0 Å². The maximum atomic E-state index is 12.6. The van der Waals surface area contributed by atoms with Gasteiger partial charge in [0.1, 0.15) is 10.6 Å². The molecule has 0 spiro atoms. The number of nitrogens with zero attached hydrogens (tertiary/aromatic N) is 1. The van der Waals surface area contributed by atoms with Gasteiger partial charge in [-0.2, -0.15) is 0 Å². The van der Waals surface area contributed by atoms with Gasteiger partial charge >= 0.3 is 0 Å². The molecule has 5 nitrogen and oxygen atoms in total. The van der Waals surface area contributed by atoms with Crippen molar-refractivity contribution in [2.24, 2.45) is 0 Å².